The van der Waals surface area contributed by atoms with Gasteiger partial charge in [0.25, 0.3) is 10.0 Å². The van der Waals surface area contributed by atoms with E-state index < -0.39 is 22.0 Å². The van der Waals surface area contributed by atoms with Gasteiger partial charge < -0.3 is 10.2 Å². The normalized spacial score (nSPS) is 11.1. The predicted octanol–water partition coefficient (Wildman–Crippen LogP) is 2.75. The zero-order chi connectivity index (χ0) is 19.3. The molecule has 0 fully saturated rings. The summed E-state index contributed by atoms with van der Waals surface area (Å²) < 4.78 is 27.1. The number of aromatic carboxylic acids is 1. The highest BCUT2D eigenvalue weighted by molar-refractivity contribution is 7.92. The predicted molar refractivity (Wildman–Crippen MR) is 96.0 cm³/mol. The van der Waals surface area contributed by atoms with E-state index in [0.29, 0.717) is 0 Å². The van der Waals surface area contributed by atoms with Gasteiger partial charge in [-0.2, -0.15) is 0 Å². The van der Waals surface area contributed by atoms with Gasteiger partial charge in [0.15, 0.2) is 0 Å². The van der Waals surface area contributed by atoms with Gasteiger partial charge in [0.05, 0.1) is 16.1 Å². The summed E-state index contributed by atoms with van der Waals surface area (Å²) in [5.41, 5.74) is 1.22. The zero-order valence-electron chi connectivity index (χ0n) is 14.1. The van der Waals surface area contributed by atoms with Gasteiger partial charge in [-0.3, -0.25) is 9.10 Å². The fraction of sp³-hybridized carbons (Fsp3) is 0.222. The van der Waals surface area contributed by atoms with Crippen molar-refractivity contribution in [3.8, 4) is 0 Å². The van der Waals surface area contributed by atoms with Gasteiger partial charge in [0.2, 0.25) is 0 Å². The third-order valence-corrected chi connectivity index (χ3v) is 5.60. The van der Waals surface area contributed by atoms with E-state index in [1.165, 1.54) is 36.4 Å². The van der Waals surface area contributed by atoms with E-state index in [9.17, 15) is 18.0 Å². The van der Waals surface area contributed by atoms with Crippen molar-refractivity contribution in [2.75, 3.05) is 10.8 Å². The number of carboxylic acids is 2. The van der Waals surface area contributed by atoms with Gasteiger partial charge in [-0.1, -0.05) is 17.7 Å². The Morgan fingerprint density at radius 3 is 2.04 bits per heavy atom. The van der Waals surface area contributed by atoms with Crippen LogP contribution in [0.4, 0.5) is 5.69 Å². The summed E-state index contributed by atoms with van der Waals surface area (Å²) >= 11 is 0. The maximum Gasteiger partial charge on any atom is 0.335 e. The average Bonchev–Trinajstić information content (AvgIpc) is 2.59. The van der Waals surface area contributed by atoms with Crippen LogP contribution in [-0.4, -0.2) is 37.1 Å². The quantitative estimate of drug-likeness (QED) is 0.731. The van der Waals surface area contributed by atoms with Crippen LogP contribution in [0, 0.1) is 6.92 Å². The maximum atomic E-state index is 13.0. The Morgan fingerprint density at radius 2 is 1.54 bits per heavy atom. The van der Waals surface area contributed by atoms with Gasteiger partial charge in [-0.25, -0.2) is 13.2 Å². The van der Waals surface area contributed by atoms with Gasteiger partial charge >= 0.3 is 11.9 Å². The summed E-state index contributed by atoms with van der Waals surface area (Å²) in [5.74, 6) is -2.13. The molecule has 0 saturated heterocycles. The third-order valence-electron chi connectivity index (χ3n) is 3.76. The number of anilines is 1. The van der Waals surface area contributed by atoms with Crippen molar-refractivity contribution < 1.29 is 28.2 Å². The van der Waals surface area contributed by atoms with Crippen molar-refractivity contribution in [3.63, 3.8) is 0 Å². The van der Waals surface area contributed by atoms with Gasteiger partial charge in [-0.15, -0.1) is 0 Å². The Balaban J connectivity index is 2.40. The Morgan fingerprint density at radius 1 is 0.962 bits per heavy atom. The molecular formula is C18H19NO6S. The van der Waals surface area contributed by atoms with Crippen LogP contribution >= 0.6 is 0 Å². The Labute approximate surface area is 151 Å². The van der Waals surface area contributed by atoms with Crippen LogP contribution < -0.4 is 4.31 Å². The minimum absolute atomic E-state index is 0.0328. The first-order valence-electron chi connectivity index (χ1n) is 7.86. The van der Waals surface area contributed by atoms with Crippen molar-refractivity contribution in [2.24, 2.45) is 0 Å². The van der Waals surface area contributed by atoms with Crippen molar-refractivity contribution >= 4 is 27.6 Å². The lowest BCUT2D eigenvalue weighted by atomic mass is 10.2. The van der Waals surface area contributed by atoms with Crippen molar-refractivity contribution in [1.82, 2.24) is 0 Å². The van der Waals surface area contributed by atoms with Crippen LogP contribution in [0.1, 0.15) is 28.8 Å². The molecule has 8 heteroatoms. The van der Waals surface area contributed by atoms with E-state index in [2.05, 4.69) is 0 Å². The largest absolute Gasteiger partial charge is 0.481 e. The lowest BCUT2D eigenvalue weighted by Gasteiger charge is -2.24. The summed E-state index contributed by atoms with van der Waals surface area (Å²) in [5, 5.41) is 17.8. The molecule has 7 nitrogen and oxygen atoms in total. The smallest absolute Gasteiger partial charge is 0.335 e. The van der Waals surface area contributed by atoms with Crippen LogP contribution in [0.15, 0.2) is 53.4 Å². The van der Waals surface area contributed by atoms with Crippen LogP contribution in [0.5, 0.6) is 0 Å². The zero-order valence-corrected chi connectivity index (χ0v) is 14.9. The second-order valence-electron chi connectivity index (χ2n) is 5.74. The molecule has 26 heavy (non-hydrogen) atoms. The summed E-state index contributed by atoms with van der Waals surface area (Å²) in [6.45, 7) is 1.81. The van der Waals surface area contributed by atoms with E-state index in [-0.39, 0.29) is 35.5 Å². The molecule has 2 aromatic rings. The molecule has 0 heterocycles. The molecule has 0 atom stereocenters. The van der Waals surface area contributed by atoms with Gasteiger partial charge in [-0.05, 0) is 49.7 Å². The fourth-order valence-corrected chi connectivity index (χ4v) is 3.87. The van der Waals surface area contributed by atoms with Crippen molar-refractivity contribution in [2.45, 2.75) is 24.7 Å². The number of sulfonamides is 1. The molecule has 2 rings (SSSR count). The number of benzene rings is 2. The second kappa shape index (κ2) is 8.01. The van der Waals surface area contributed by atoms with Crippen LogP contribution in [0.25, 0.3) is 0 Å². The molecule has 2 aromatic carbocycles. The Hall–Kier alpha value is -2.87. The summed E-state index contributed by atoms with van der Waals surface area (Å²) in [6, 6.07) is 11.7. The Kier molecular flexibility index (Phi) is 5.99. The molecule has 0 spiro atoms. The van der Waals surface area contributed by atoms with Crippen LogP contribution in [0.2, 0.25) is 0 Å². The number of nitrogens with zero attached hydrogens (tertiary/aromatic N) is 1. The molecule has 0 radical (unpaired) electrons. The summed E-state index contributed by atoms with van der Waals surface area (Å²) in [7, 11) is -3.91. The highest BCUT2D eigenvalue weighted by Gasteiger charge is 2.25. The second-order valence-corrected chi connectivity index (χ2v) is 7.60. The number of aliphatic carboxylic acids is 1. The number of hydrogen-bond acceptors (Lipinski definition) is 4. The SMILES string of the molecule is Cc1ccc(S(=O)(=O)N(CCCC(=O)O)c2ccc(C(=O)O)cc2)cc1. The van der Waals surface area contributed by atoms with E-state index in [1.54, 1.807) is 12.1 Å². The molecule has 0 aromatic heterocycles. The van der Waals surface area contributed by atoms with Crippen molar-refractivity contribution in [1.29, 1.82) is 0 Å². The van der Waals surface area contributed by atoms with E-state index >= 15 is 0 Å². The van der Waals surface area contributed by atoms with E-state index in [1.807, 2.05) is 6.92 Å². The lowest BCUT2D eigenvalue weighted by molar-refractivity contribution is -0.137. The monoisotopic (exact) mass is 377 g/mol. The summed E-state index contributed by atoms with van der Waals surface area (Å²) in [6.07, 6.45) is -0.0474. The standard InChI is InChI=1S/C18H19NO6S/c1-13-4-10-16(11-5-13)26(24,25)19(12-2-3-17(20)21)15-8-6-14(7-9-15)18(22)23/h4-11H,2-3,12H2,1H3,(H,20,21)(H,22,23). The molecule has 0 unspecified atom stereocenters. The highest BCUT2D eigenvalue weighted by atomic mass is 32.2. The van der Waals surface area contributed by atoms with Crippen LogP contribution in [-0.2, 0) is 14.8 Å². The molecule has 2 N–H and O–H groups in total. The van der Waals surface area contributed by atoms with Gasteiger partial charge in [0, 0.05) is 13.0 Å². The number of rotatable bonds is 8. The minimum atomic E-state index is -3.91. The first kappa shape index (κ1) is 19.5. The molecule has 0 bridgehead atoms. The molecule has 0 aliphatic rings. The van der Waals surface area contributed by atoms with E-state index in [4.69, 9.17) is 10.2 Å². The molecular weight excluding hydrogens is 358 g/mol. The average molecular weight is 377 g/mol. The molecule has 0 aliphatic heterocycles. The summed E-state index contributed by atoms with van der Waals surface area (Å²) in [4.78, 5) is 21.8. The third kappa shape index (κ3) is 4.60. The first-order valence-corrected chi connectivity index (χ1v) is 9.30. The maximum absolute atomic E-state index is 13.0. The number of aryl methyl sites for hydroxylation is 1. The van der Waals surface area contributed by atoms with Crippen molar-refractivity contribution in [3.05, 3.63) is 59.7 Å². The van der Waals surface area contributed by atoms with Gasteiger partial charge in [0.1, 0.15) is 0 Å². The number of carboxylic acid groups (broad SMARTS) is 2. The molecule has 0 amide bonds. The lowest BCUT2D eigenvalue weighted by Crippen LogP contribution is -2.32. The highest BCUT2D eigenvalue weighted by Crippen LogP contribution is 2.25. The van der Waals surface area contributed by atoms with Crippen LogP contribution in [0.3, 0.4) is 0 Å². The number of carbonyl (C=O) groups is 2. The Bertz CT molecular complexity index is 888. The molecule has 138 valence electrons. The first-order chi connectivity index (χ1) is 12.2. The van der Waals surface area contributed by atoms with E-state index in [0.717, 1.165) is 9.87 Å². The molecule has 0 saturated carbocycles. The fourth-order valence-electron chi connectivity index (χ4n) is 2.37. The number of hydrogen-bond donors (Lipinski definition) is 2. The molecule has 0 aliphatic carbocycles. The topological polar surface area (TPSA) is 112 Å². The minimum Gasteiger partial charge on any atom is -0.481 e.